The van der Waals surface area contributed by atoms with E-state index in [-0.39, 0.29) is 22.8 Å². The van der Waals surface area contributed by atoms with Crippen LogP contribution in [0.15, 0.2) is 18.2 Å². The molecule has 0 saturated carbocycles. The Kier molecular flexibility index (Phi) is 4.24. The van der Waals surface area contributed by atoms with E-state index in [0.29, 0.717) is 0 Å². The molecule has 6 heteroatoms. The Morgan fingerprint density at radius 3 is 2.53 bits per heavy atom. The number of nitriles is 1. The van der Waals surface area contributed by atoms with Gasteiger partial charge in [0.2, 0.25) is 0 Å². The molecule has 2 nitrogen and oxygen atoms in total. The van der Waals surface area contributed by atoms with E-state index >= 15 is 0 Å². The first-order valence-electron chi connectivity index (χ1n) is 4.89. The van der Waals surface area contributed by atoms with Crippen molar-refractivity contribution >= 4 is 17.3 Å². The van der Waals surface area contributed by atoms with Crippen molar-refractivity contribution in [3.8, 4) is 6.07 Å². The summed E-state index contributed by atoms with van der Waals surface area (Å²) in [5, 5.41) is 9.06. The van der Waals surface area contributed by atoms with Gasteiger partial charge in [0.05, 0.1) is 16.3 Å². The number of benzene rings is 1. The summed E-state index contributed by atoms with van der Waals surface area (Å²) in [5.74, 6) is 0. The molecule has 0 aliphatic rings. The fraction of sp³-hybridized carbons (Fsp3) is 0.364. The van der Waals surface area contributed by atoms with Gasteiger partial charge in [-0.2, -0.15) is 18.4 Å². The third-order valence-electron chi connectivity index (χ3n) is 2.20. The van der Waals surface area contributed by atoms with Crippen LogP contribution in [0.2, 0.25) is 5.02 Å². The average molecular weight is 263 g/mol. The highest BCUT2D eigenvalue weighted by molar-refractivity contribution is 6.32. The molecule has 92 valence electrons. The molecule has 0 aliphatic carbocycles. The van der Waals surface area contributed by atoms with Crippen LogP contribution >= 0.6 is 11.6 Å². The van der Waals surface area contributed by atoms with Gasteiger partial charge in [0, 0.05) is 6.54 Å². The minimum atomic E-state index is -4.31. The van der Waals surface area contributed by atoms with Crippen LogP contribution in [0.25, 0.3) is 0 Å². The van der Waals surface area contributed by atoms with Crippen LogP contribution in [0, 0.1) is 11.3 Å². The summed E-state index contributed by atoms with van der Waals surface area (Å²) in [6.07, 6.45) is -4.31. The number of hydrogen-bond donors (Lipinski definition) is 0. The van der Waals surface area contributed by atoms with Crippen LogP contribution in [-0.4, -0.2) is 19.3 Å². The van der Waals surface area contributed by atoms with Gasteiger partial charge in [0.25, 0.3) is 0 Å². The Hall–Kier alpha value is -1.41. The lowest BCUT2D eigenvalue weighted by Gasteiger charge is -2.25. The zero-order valence-electron chi connectivity index (χ0n) is 9.05. The molecule has 0 atom stereocenters. The second kappa shape index (κ2) is 5.28. The Morgan fingerprint density at radius 2 is 2.06 bits per heavy atom. The van der Waals surface area contributed by atoms with Gasteiger partial charge in [-0.15, -0.1) is 0 Å². The van der Waals surface area contributed by atoms with Gasteiger partial charge < -0.3 is 4.90 Å². The molecule has 0 bridgehead atoms. The van der Waals surface area contributed by atoms with E-state index in [1.807, 2.05) is 6.07 Å². The van der Waals surface area contributed by atoms with Crippen molar-refractivity contribution in [2.45, 2.75) is 13.1 Å². The van der Waals surface area contributed by atoms with Crippen molar-refractivity contribution < 1.29 is 13.2 Å². The first-order chi connectivity index (χ1) is 7.89. The zero-order chi connectivity index (χ0) is 13.1. The van der Waals surface area contributed by atoms with Crippen LogP contribution in [0.5, 0.6) is 0 Å². The fourth-order valence-electron chi connectivity index (χ4n) is 1.47. The molecular weight excluding hydrogens is 253 g/mol. The summed E-state index contributed by atoms with van der Waals surface area (Å²) < 4.78 is 37.1. The highest BCUT2D eigenvalue weighted by Crippen LogP contribution is 2.29. The lowest BCUT2D eigenvalue weighted by Crippen LogP contribution is -2.34. The van der Waals surface area contributed by atoms with Gasteiger partial charge >= 0.3 is 6.18 Å². The van der Waals surface area contributed by atoms with Crippen molar-refractivity contribution in [1.82, 2.24) is 0 Å². The lowest BCUT2D eigenvalue weighted by molar-refractivity contribution is -0.119. The number of hydrogen-bond acceptors (Lipinski definition) is 2. The Balaban J connectivity index is 3.13. The molecule has 0 aliphatic heterocycles. The molecule has 0 spiro atoms. The van der Waals surface area contributed by atoms with Crippen LogP contribution in [0.4, 0.5) is 18.9 Å². The predicted octanol–water partition coefficient (Wildman–Crippen LogP) is 3.60. The second-order valence-corrected chi connectivity index (χ2v) is 3.78. The van der Waals surface area contributed by atoms with Crippen molar-refractivity contribution in [2.24, 2.45) is 0 Å². The summed E-state index contributed by atoms with van der Waals surface area (Å²) >= 11 is 5.77. The van der Waals surface area contributed by atoms with E-state index in [4.69, 9.17) is 16.9 Å². The summed E-state index contributed by atoms with van der Waals surface area (Å²) in [4.78, 5) is 1.07. The SMILES string of the molecule is CCN(CC(F)(F)F)c1cccc(Cl)c1C#N. The minimum absolute atomic E-state index is 0.0697. The van der Waals surface area contributed by atoms with Crippen molar-refractivity contribution in [1.29, 1.82) is 5.26 Å². The molecule has 0 radical (unpaired) electrons. The largest absolute Gasteiger partial charge is 0.405 e. The number of alkyl halides is 3. The third kappa shape index (κ3) is 3.53. The van der Waals surface area contributed by atoms with E-state index in [9.17, 15) is 13.2 Å². The molecule has 0 N–H and O–H groups in total. The molecule has 0 amide bonds. The predicted molar refractivity (Wildman–Crippen MR) is 60.1 cm³/mol. The minimum Gasteiger partial charge on any atom is -0.362 e. The number of halogens is 4. The normalized spacial score (nSPS) is 11.1. The standard InChI is InChI=1S/C11H10ClF3N2/c1-2-17(7-11(13,14)15)10-5-3-4-9(12)8(10)6-16/h3-5H,2,7H2,1H3. The first-order valence-corrected chi connectivity index (χ1v) is 5.27. The summed E-state index contributed by atoms with van der Waals surface area (Å²) in [6, 6.07) is 6.28. The van der Waals surface area contributed by atoms with Crippen molar-refractivity contribution in [3.63, 3.8) is 0 Å². The van der Waals surface area contributed by atoms with E-state index in [1.165, 1.54) is 18.2 Å². The van der Waals surface area contributed by atoms with E-state index < -0.39 is 12.7 Å². The van der Waals surface area contributed by atoms with Gasteiger partial charge in [-0.3, -0.25) is 0 Å². The summed E-state index contributed by atoms with van der Waals surface area (Å²) in [5.41, 5.74) is 0.278. The molecule has 1 aromatic carbocycles. The second-order valence-electron chi connectivity index (χ2n) is 3.38. The Morgan fingerprint density at radius 1 is 1.41 bits per heavy atom. The number of anilines is 1. The number of rotatable bonds is 3. The molecule has 0 fully saturated rings. The van der Waals surface area contributed by atoms with Crippen molar-refractivity contribution in [2.75, 3.05) is 18.0 Å². The summed E-state index contributed by atoms with van der Waals surface area (Å²) in [7, 11) is 0. The molecule has 0 unspecified atom stereocenters. The smallest absolute Gasteiger partial charge is 0.362 e. The fourth-order valence-corrected chi connectivity index (χ4v) is 1.68. The highest BCUT2D eigenvalue weighted by atomic mass is 35.5. The maximum atomic E-state index is 12.4. The zero-order valence-corrected chi connectivity index (χ0v) is 9.81. The topological polar surface area (TPSA) is 27.0 Å². The van der Waals surface area contributed by atoms with E-state index in [2.05, 4.69) is 0 Å². The van der Waals surface area contributed by atoms with Crippen LogP contribution in [0.3, 0.4) is 0 Å². The summed E-state index contributed by atoms with van der Waals surface area (Å²) in [6.45, 7) is 0.640. The molecule has 1 aromatic rings. The molecule has 1 rings (SSSR count). The maximum absolute atomic E-state index is 12.4. The highest BCUT2D eigenvalue weighted by Gasteiger charge is 2.31. The third-order valence-corrected chi connectivity index (χ3v) is 2.51. The quantitative estimate of drug-likeness (QED) is 0.832. The van der Waals surface area contributed by atoms with E-state index in [0.717, 1.165) is 4.90 Å². The van der Waals surface area contributed by atoms with Gasteiger partial charge in [-0.25, -0.2) is 0 Å². The monoisotopic (exact) mass is 262 g/mol. The molecule has 0 aromatic heterocycles. The molecule has 0 heterocycles. The van der Waals surface area contributed by atoms with Gasteiger partial charge in [-0.1, -0.05) is 17.7 Å². The Bertz CT molecular complexity index is 437. The average Bonchev–Trinajstić information content (AvgIpc) is 2.24. The number of nitrogens with zero attached hydrogens (tertiary/aromatic N) is 2. The maximum Gasteiger partial charge on any atom is 0.405 e. The molecular formula is C11H10ClF3N2. The van der Waals surface area contributed by atoms with Gasteiger partial charge in [0.15, 0.2) is 0 Å². The van der Waals surface area contributed by atoms with Crippen LogP contribution < -0.4 is 4.90 Å². The van der Waals surface area contributed by atoms with Gasteiger partial charge in [0.1, 0.15) is 12.6 Å². The van der Waals surface area contributed by atoms with Crippen molar-refractivity contribution in [3.05, 3.63) is 28.8 Å². The molecule has 17 heavy (non-hydrogen) atoms. The Labute approximate surface area is 102 Å². The lowest BCUT2D eigenvalue weighted by atomic mass is 10.1. The van der Waals surface area contributed by atoms with E-state index in [1.54, 1.807) is 6.92 Å². The van der Waals surface area contributed by atoms with Gasteiger partial charge in [-0.05, 0) is 19.1 Å². The first kappa shape index (κ1) is 13.7. The van der Waals surface area contributed by atoms with Crippen LogP contribution in [0.1, 0.15) is 12.5 Å². The molecule has 0 saturated heterocycles. The van der Waals surface area contributed by atoms with Crippen LogP contribution in [-0.2, 0) is 0 Å².